The maximum Gasteiger partial charge on any atom is 0.254 e. The number of rotatable bonds is 5. The number of allylic oxidation sites excluding steroid dienone is 1. The summed E-state index contributed by atoms with van der Waals surface area (Å²) < 4.78 is 0. The van der Waals surface area contributed by atoms with E-state index in [-0.39, 0.29) is 11.7 Å². The lowest BCUT2D eigenvalue weighted by atomic mass is 10.1. The van der Waals surface area contributed by atoms with Crippen LogP contribution in [0.25, 0.3) is 0 Å². The van der Waals surface area contributed by atoms with Crippen LogP contribution in [0.3, 0.4) is 0 Å². The van der Waals surface area contributed by atoms with Crippen LogP contribution < -0.4 is 0 Å². The van der Waals surface area contributed by atoms with E-state index in [1.807, 2.05) is 31.2 Å². The van der Waals surface area contributed by atoms with E-state index < -0.39 is 8.07 Å². The van der Waals surface area contributed by atoms with Crippen LogP contribution in [0.5, 0.6) is 0 Å². The summed E-state index contributed by atoms with van der Waals surface area (Å²) in [4.78, 5) is 25.3. The Kier molecular flexibility index (Phi) is 6.99. The van der Waals surface area contributed by atoms with E-state index in [0.29, 0.717) is 18.7 Å². The van der Waals surface area contributed by atoms with Gasteiger partial charge in [0, 0.05) is 12.1 Å². The molecular weight excluding hydrogens is 302 g/mol. The predicted octanol–water partition coefficient (Wildman–Crippen LogP) is 3.46. The highest BCUT2D eigenvalue weighted by Crippen LogP contribution is 2.07. The summed E-state index contributed by atoms with van der Waals surface area (Å²) in [5, 5.41) is 0. The average Bonchev–Trinajstić information content (AvgIpc) is 2.44. The van der Waals surface area contributed by atoms with Gasteiger partial charge >= 0.3 is 0 Å². The summed E-state index contributed by atoms with van der Waals surface area (Å²) in [5.74, 6) is 3.03. The molecule has 0 aliphatic carbocycles. The average molecular weight is 328 g/mol. The Morgan fingerprint density at radius 2 is 1.78 bits per heavy atom. The van der Waals surface area contributed by atoms with Crippen molar-refractivity contribution in [2.75, 3.05) is 13.1 Å². The minimum atomic E-state index is -1.47. The van der Waals surface area contributed by atoms with Gasteiger partial charge in [-0.2, -0.15) is 0 Å². The van der Waals surface area contributed by atoms with Gasteiger partial charge in [-0.3, -0.25) is 9.59 Å². The largest absolute Gasteiger partial charge is 0.324 e. The molecule has 0 unspecified atom stereocenters. The lowest BCUT2D eigenvalue weighted by molar-refractivity contribution is -0.112. The molecule has 1 amide bonds. The molecule has 0 saturated carbocycles. The van der Waals surface area contributed by atoms with Gasteiger partial charge in [0.1, 0.15) is 8.07 Å². The molecule has 0 N–H and O–H groups in total. The fourth-order valence-electron chi connectivity index (χ4n) is 1.84. The molecular formula is C19H25NO2Si. The molecule has 0 spiro atoms. The highest BCUT2D eigenvalue weighted by atomic mass is 28.3. The summed E-state index contributed by atoms with van der Waals surface area (Å²) in [7, 11) is -1.47. The Hall–Kier alpha value is -2.12. The SMILES string of the molecule is CC(=O)/C=C/CN(CC#C[Si](C)(C)C)C(=O)c1ccc(C)cc1. The van der Waals surface area contributed by atoms with Crippen molar-refractivity contribution >= 4 is 19.8 Å². The van der Waals surface area contributed by atoms with Gasteiger partial charge in [-0.25, -0.2) is 0 Å². The van der Waals surface area contributed by atoms with Crippen LogP contribution in [-0.2, 0) is 4.79 Å². The maximum atomic E-state index is 12.6. The fraction of sp³-hybridized carbons (Fsp3) is 0.368. The minimum absolute atomic E-state index is 0.0269. The van der Waals surface area contributed by atoms with Gasteiger partial charge in [-0.1, -0.05) is 49.3 Å². The number of amides is 1. The zero-order chi connectivity index (χ0) is 17.5. The predicted molar refractivity (Wildman–Crippen MR) is 98.0 cm³/mol. The number of carbonyl (C=O) groups is 2. The van der Waals surface area contributed by atoms with Crippen molar-refractivity contribution in [1.82, 2.24) is 4.90 Å². The van der Waals surface area contributed by atoms with E-state index in [2.05, 4.69) is 31.1 Å². The van der Waals surface area contributed by atoms with Crippen LogP contribution in [0.15, 0.2) is 36.4 Å². The molecule has 0 heterocycles. The number of benzene rings is 1. The number of hydrogen-bond acceptors (Lipinski definition) is 2. The number of carbonyl (C=O) groups excluding carboxylic acids is 2. The van der Waals surface area contributed by atoms with Crippen molar-refractivity contribution in [2.24, 2.45) is 0 Å². The Balaban J connectivity index is 2.92. The van der Waals surface area contributed by atoms with Crippen LogP contribution in [0.4, 0.5) is 0 Å². The quantitative estimate of drug-likeness (QED) is 0.472. The molecule has 0 aliphatic rings. The van der Waals surface area contributed by atoms with Crippen molar-refractivity contribution < 1.29 is 9.59 Å². The van der Waals surface area contributed by atoms with Crippen molar-refractivity contribution in [3.05, 3.63) is 47.5 Å². The molecule has 0 saturated heterocycles. The van der Waals surface area contributed by atoms with Gasteiger partial charge in [-0.05, 0) is 32.1 Å². The Morgan fingerprint density at radius 1 is 1.17 bits per heavy atom. The molecule has 3 nitrogen and oxygen atoms in total. The Morgan fingerprint density at radius 3 is 2.30 bits per heavy atom. The van der Waals surface area contributed by atoms with E-state index >= 15 is 0 Å². The van der Waals surface area contributed by atoms with Crippen LogP contribution in [0.1, 0.15) is 22.8 Å². The highest BCUT2D eigenvalue weighted by molar-refractivity contribution is 6.83. The first-order valence-corrected chi connectivity index (χ1v) is 11.2. The topological polar surface area (TPSA) is 37.4 Å². The second-order valence-corrected chi connectivity index (χ2v) is 11.4. The molecule has 1 aromatic carbocycles. The number of ketones is 1. The van der Waals surface area contributed by atoms with Gasteiger partial charge in [0.15, 0.2) is 5.78 Å². The molecule has 0 radical (unpaired) electrons. The first-order chi connectivity index (χ1) is 10.7. The van der Waals surface area contributed by atoms with Crippen LogP contribution in [0, 0.1) is 18.4 Å². The molecule has 0 atom stereocenters. The highest BCUT2D eigenvalue weighted by Gasteiger charge is 2.14. The standard InChI is InChI=1S/C19H25NO2Si/c1-16-9-11-18(12-10-16)19(22)20(13-6-8-17(2)21)14-7-15-23(3,4)5/h6,8-12H,13-14H2,1-5H3/b8-6+. The van der Waals surface area contributed by atoms with E-state index in [9.17, 15) is 9.59 Å². The zero-order valence-electron chi connectivity index (χ0n) is 14.6. The second-order valence-electron chi connectivity index (χ2n) is 6.62. The molecule has 4 heteroatoms. The number of hydrogen-bond donors (Lipinski definition) is 0. The molecule has 122 valence electrons. The Labute approximate surface area is 140 Å². The molecule has 0 bridgehead atoms. The lowest BCUT2D eigenvalue weighted by Crippen LogP contribution is -2.32. The summed E-state index contributed by atoms with van der Waals surface area (Å²) in [6, 6.07) is 7.49. The molecule has 0 fully saturated rings. The molecule has 1 rings (SSSR count). The zero-order valence-corrected chi connectivity index (χ0v) is 15.6. The number of nitrogens with zero attached hydrogens (tertiary/aromatic N) is 1. The first-order valence-electron chi connectivity index (χ1n) is 7.72. The molecule has 23 heavy (non-hydrogen) atoms. The van der Waals surface area contributed by atoms with Crippen LogP contribution in [-0.4, -0.2) is 37.8 Å². The van der Waals surface area contributed by atoms with Crippen molar-refractivity contribution in [1.29, 1.82) is 0 Å². The fourth-order valence-corrected chi connectivity index (χ4v) is 2.45. The van der Waals surface area contributed by atoms with E-state index in [0.717, 1.165) is 5.56 Å². The second kappa shape index (κ2) is 8.49. The van der Waals surface area contributed by atoms with Crippen molar-refractivity contribution in [3.63, 3.8) is 0 Å². The minimum Gasteiger partial charge on any atom is -0.324 e. The van der Waals surface area contributed by atoms with E-state index in [1.165, 1.54) is 13.0 Å². The maximum absolute atomic E-state index is 12.6. The van der Waals surface area contributed by atoms with E-state index in [4.69, 9.17) is 0 Å². The van der Waals surface area contributed by atoms with Crippen LogP contribution in [0.2, 0.25) is 19.6 Å². The molecule has 1 aromatic rings. The van der Waals surface area contributed by atoms with Gasteiger partial charge < -0.3 is 4.90 Å². The summed E-state index contributed by atoms with van der Waals surface area (Å²) in [5.41, 5.74) is 5.03. The van der Waals surface area contributed by atoms with Gasteiger partial charge in [0.05, 0.1) is 6.54 Å². The number of aryl methyl sites for hydroxylation is 1. The molecule has 0 aromatic heterocycles. The van der Waals surface area contributed by atoms with Gasteiger partial charge in [0.25, 0.3) is 5.91 Å². The molecule has 0 aliphatic heterocycles. The summed E-state index contributed by atoms with van der Waals surface area (Å²) in [6.45, 7) is 10.7. The third kappa shape index (κ3) is 7.62. The van der Waals surface area contributed by atoms with Crippen molar-refractivity contribution in [3.8, 4) is 11.5 Å². The first kappa shape index (κ1) is 18.9. The van der Waals surface area contributed by atoms with Crippen LogP contribution >= 0.6 is 0 Å². The summed E-state index contributed by atoms with van der Waals surface area (Å²) >= 11 is 0. The normalized spacial score (nSPS) is 11.0. The monoisotopic (exact) mass is 327 g/mol. The third-order valence-corrected chi connectivity index (χ3v) is 3.92. The third-order valence-electron chi connectivity index (χ3n) is 3.00. The van der Waals surface area contributed by atoms with Gasteiger partial charge in [-0.15, -0.1) is 5.54 Å². The van der Waals surface area contributed by atoms with Gasteiger partial charge in [0.2, 0.25) is 0 Å². The smallest absolute Gasteiger partial charge is 0.254 e. The summed E-state index contributed by atoms with van der Waals surface area (Å²) in [6.07, 6.45) is 3.20. The van der Waals surface area contributed by atoms with E-state index in [1.54, 1.807) is 11.0 Å². The van der Waals surface area contributed by atoms with Crippen molar-refractivity contribution in [2.45, 2.75) is 33.5 Å². The lowest BCUT2D eigenvalue weighted by Gasteiger charge is -2.19. The Bertz CT molecular complexity index is 643.